The number of benzene rings is 2. The molecule has 0 fully saturated rings. The summed E-state index contributed by atoms with van der Waals surface area (Å²) in [5.74, 6) is 0.350. The molecule has 0 atom stereocenters. The van der Waals surface area contributed by atoms with Gasteiger partial charge in [0, 0.05) is 30.2 Å². The van der Waals surface area contributed by atoms with Crippen LogP contribution in [-0.4, -0.2) is 55.0 Å². The first-order valence-corrected chi connectivity index (χ1v) is 11.2. The molecular formula is C25H27BrN2O4. The smallest absolute Gasteiger partial charge is 0.254 e. The fraction of sp³-hybridized carbons (Fsp3) is 0.280. The van der Waals surface area contributed by atoms with E-state index in [1.165, 1.54) is 4.90 Å². The lowest BCUT2D eigenvalue weighted by atomic mass is 10.1. The minimum atomic E-state index is -0.210. The van der Waals surface area contributed by atoms with Crippen LogP contribution < -0.4 is 0 Å². The molecule has 1 heterocycles. The quantitative estimate of drug-likeness (QED) is 0.393. The number of halogens is 1. The monoisotopic (exact) mass is 498 g/mol. The van der Waals surface area contributed by atoms with Gasteiger partial charge in [-0.25, -0.2) is 0 Å². The molecule has 0 aliphatic heterocycles. The van der Waals surface area contributed by atoms with Gasteiger partial charge in [0.25, 0.3) is 5.91 Å². The molecule has 0 unspecified atom stereocenters. The van der Waals surface area contributed by atoms with Gasteiger partial charge in [0.1, 0.15) is 12.3 Å². The van der Waals surface area contributed by atoms with Crippen LogP contribution in [0.5, 0.6) is 0 Å². The van der Waals surface area contributed by atoms with Gasteiger partial charge in [0.15, 0.2) is 0 Å². The number of methoxy groups -OCH3 is 1. The second-order valence-corrected chi connectivity index (χ2v) is 8.28. The molecule has 0 N–H and O–H groups in total. The predicted molar refractivity (Wildman–Crippen MR) is 126 cm³/mol. The molecule has 0 aliphatic rings. The van der Waals surface area contributed by atoms with Crippen molar-refractivity contribution in [2.75, 3.05) is 33.4 Å². The Labute approximate surface area is 196 Å². The first-order valence-electron chi connectivity index (χ1n) is 10.4. The van der Waals surface area contributed by atoms with Crippen LogP contribution in [0.2, 0.25) is 0 Å². The van der Waals surface area contributed by atoms with E-state index in [1.54, 1.807) is 42.5 Å². The minimum absolute atomic E-state index is 0.0375. The lowest BCUT2D eigenvalue weighted by molar-refractivity contribution is -0.132. The summed E-state index contributed by atoms with van der Waals surface area (Å²) in [6.45, 7) is 1.49. The molecule has 0 saturated heterocycles. The topological polar surface area (TPSA) is 63.0 Å². The van der Waals surface area contributed by atoms with Gasteiger partial charge in [-0.2, -0.15) is 0 Å². The fourth-order valence-electron chi connectivity index (χ4n) is 3.31. The maximum atomic E-state index is 13.3. The summed E-state index contributed by atoms with van der Waals surface area (Å²) in [6.07, 6.45) is 2.31. The molecule has 168 valence electrons. The molecule has 3 aromatic rings. The van der Waals surface area contributed by atoms with Gasteiger partial charge in [0.05, 0.1) is 19.4 Å². The molecule has 7 heteroatoms. The molecule has 2 aromatic carbocycles. The third kappa shape index (κ3) is 7.07. The van der Waals surface area contributed by atoms with Crippen molar-refractivity contribution in [2.45, 2.75) is 13.0 Å². The van der Waals surface area contributed by atoms with Crippen LogP contribution in [0.4, 0.5) is 0 Å². The van der Waals surface area contributed by atoms with Crippen molar-refractivity contribution in [1.82, 2.24) is 9.80 Å². The zero-order chi connectivity index (χ0) is 22.8. The zero-order valence-corrected chi connectivity index (χ0v) is 19.7. The van der Waals surface area contributed by atoms with E-state index in [2.05, 4.69) is 15.9 Å². The Kier molecular flexibility index (Phi) is 9.07. The van der Waals surface area contributed by atoms with Gasteiger partial charge in [-0.1, -0.05) is 52.3 Å². The van der Waals surface area contributed by atoms with E-state index in [-0.39, 0.29) is 18.4 Å². The van der Waals surface area contributed by atoms with Crippen molar-refractivity contribution in [3.05, 3.63) is 94.4 Å². The Bertz CT molecular complexity index is 992. The molecule has 0 radical (unpaired) electrons. The van der Waals surface area contributed by atoms with Crippen LogP contribution in [0.15, 0.2) is 81.9 Å². The third-order valence-electron chi connectivity index (χ3n) is 5.04. The second kappa shape index (κ2) is 12.2. The number of carbonyl (C=O) groups is 2. The number of hydrogen-bond donors (Lipinski definition) is 0. The Balaban J connectivity index is 1.74. The van der Waals surface area contributed by atoms with Crippen LogP contribution in [0, 0.1) is 0 Å². The molecule has 0 aliphatic carbocycles. The SMILES string of the molecule is COCCN(CC(=O)N(CCc1ccccc1)Cc1ccco1)C(=O)c1cccc(Br)c1. The summed E-state index contributed by atoms with van der Waals surface area (Å²) >= 11 is 3.40. The molecule has 32 heavy (non-hydrogen) atoms. The van der Waals surface area contributed by atoms with Gasteiger partial charge in [-0.3, -0.25) is 9.59 Å². The number of rotatable bonds is 11. The molecule has 0 saturated carbocycles. The van der Waals surface area contributed by atoms with E-state index >= 15 is 0 Å². The number of carbonyl (C=O) groups excluding carboxylic acids is 2. The van der Waals surface area contributed by atoms with Crippen molar-refractivity contribution in [2.24, 2.45) is 0 Å². The van der Waals surface area contributed by atoms with Gasteiger partial charge in [0.2, 0.25) is 5.91 Å². The maximum Gasteiger partial charge on any atom is 0.254 e. The van der Waals surface area contributed by atoms with Crippen LogP contribution >= 0.6 is 15.9 Å². The van der Waals surface area contributed by atoms with Gasteiger partial charge in [-0.05, 0) is 42.3 Å². The summed E-state index contributed by atoms with van der Waals surface area (Å²) in [7, 11) is 1.58. The number of nitrogens with zero attached hydrogens (tertiary/aromatic N) is 2. The molecule has 2 amide bonds. The minimum Gasteiger partial charge on any atom is -0.467 e. The van der Waals surface area contributed by atoms with E-state index in [9.17, 15) is 9.59 Å². The summed E-state index contributed by atoms with van der Waals surface area (Å²) in [4.78, 5) is 29.7. The standard InChI is InChI=1S/C25H27BrN2O4/c1-31-16-14-28(25(30)21-9-5-10-22(26)17-21)19-24(29)27(18-23-11-6-15-32-23)13-12-20-7-3-2-4-8-20/h2-11,15,17H,12-14,16,18-19H2,1H3. The van der Waals surface area contributed by atoms with E-state index in [0.29, 0.717) is 44.0 Å². The van der Waals surface area contributed by atoms with Crippen LogP contribution in [0.25, 0.3) is 0 Å². The average Bonchev–Trinajstić information content (AvgIpc) is 3.32. The van der Waals surface area contributed by atoms with Crippen molar-refractivity contribution >= 4 is 27.7 Å². The van der Waals surface area contributed by atoms with Gasteiger partial charge in [-0.15, -0.1) is 0 Å². The van der Waals surface area contributed by atoms with Crippen molar-refractivity contribution < 1.29 is 18.7 Å². The maximum absolute atomic E-state index is 13.3. The highest BCUT2D eigenvalue weighted by atomic mass is 79.9. The Morgan fingerprint density at radius 3 is 2.47 bits per heavy atom. The first kappa shape index (κ1) is 23.8. The largest absolute Gasteiger partial charge is 0.467 e. The van der Waals surface area contributed by atoms with Crippen LogP contribution in [-0.2, 0) is 22.5 Å². The van der Waals surface area contributed by atoms with E-state index in [4.69, 9.17) is 9.15 Å². The predicted octanol–water partition coefficient (Wildman–Crippen LogP) is 4.40. The Hall–Kier alpha value is -2.90. The Morgan fingerprint density at radius 1 is 0.969 bits per heavy atom. The van der Waals surface area contributed by atoms with Crippen molar-refractivity contribution in [1.29, 1.82) is 0 Å². The summed E-state index contributed by atoms with van der Waals surface area (Å²) in [6, 6.07) is 20.8. The summed E-state index contributed by atoms with van der Waals surface area (Å²) in [5.41, 5.74) is 1.66. The normalized spacial score (nSPS) is 10.7. The van der Waals surface area contributed by atoms with E-state index in [0.717, 1.165) is 10.0 Å². The van der Waals surface area contributed by atoms with Crippen molar-refractivity contribution in [3.63, 3.8) is 0 Å². The van der Waals surface area contributed by atoms with Crippen molar-refractivity contribution in [3.8, 4) is 0 Å². The highest BCUT2D eigenvalue weighted by Gasteiger charge is 2.23. The van der Waals surface area contributed by atoms with E-state index < -0.39 is 0 Å². The van der Waals surface area contributed by atoms with Crippen LogP contribution in [0.1, 0.15) is 21.7 Å². The summed E-state index contributed by atoms with van der Waals surface area (Å²) in [5, 5.41) is 0. The first-order chi connectivity index (χ1) is 15.6. The second-order valence-electron chi connectivity index (χ2n) is 7.36. The number of hydrogen-bond acceptors (Lipinski definition) is 4. The molecule has 0 spiro atoms. The summed E-state index contributed by atoms with van der Waals surface area (Å²) < 4.78 is 11.4. The lowest BCUT2D eigenvalue weighted by Gasteiger charge is -2.27. The number of amides is 2. The molecule has 6 nitrogen and oxygen atoms in total. The molecular weight excluding hydrogens is 472 g/mol. The zero-order valence-electron chi connectivity index (χ0n) is 18.1. The molecule has 0 bridgehead atoms. The molecule has 3 rings (SSSR count). The average molecular weight is 499 g/mol. The highest BCUT2D eigenvalue weighted by Crippen LogP contribution is 2.15. The third-order valence-corrected chi connectivity index (χ3v) is 5.54. The number of furan rings is 1. The van der Waals surface area contributed by atoms with Gasteiger partial charge < -0.3 is 19.0 Å². The lowest BCUT2D eigenvalue weighted by Crippen LogP contribution is -2.44. The van der Waals surface area contributed by atoms with E-state index in [1.807, 2.05) is 42.5 Å². The highest BCUT2D eigenvalue weighted by molar-refractivity contribution is 9.10. The Morgan fingerprint density at radius 2 is 1.78 bits per heavy atom. The van der Waals surface area contributed by atoms with Crippen LogP contribution in [0.3, 0.4) is 0 Å². The number of ether oxygens (including phenoxy) is 1. The van der Waals surface area contributed by atoms with Gasteiger partial charge >= 0.3 is 0 Å². The molecule has 1 aromatic heterocycles. The fourth-order valence-corrected chi connectivity index (χ4v) is 3.71.